The third kappa shape index (κ3) is 4.40. The zero-order chi connectivity index (χ0) is 13.8. The minimum absolute atomic E-state index is 0.0639. The van der Waals surface area contributed by atoms with Crippen molar-refractivity contribution in [3.63, 3.8) is 0 Å². The Hall–Kier alpha value is -0.340. The number of hydrogen-bond donors (Lipinski definition) is 1. The van der Waals surface area contributed by atoms with Crippen LogP contribution in [0.4, 0.5) is 13.2 Å². The lowest BCUT2D eigenvalue weighted by Gasteiger charge is -2.32. The van der Waals surface area contributed by atoms with E-state index in [4.69, 9.17) is 5.11 Å². The molecule has 8 heteroatoms. The molecule has 1 aliphatic rings. The lowest BCUT2D eigenvalue weighted by atomic mass is 9.98. The predicted molar refractivity (Wildman–Crippen MR) is 60.5 cm³/mol. The molecule has 0 unspecified atom stereocenters. The van der Waals surface area contributed by atoms with Crippen LogP contribution in [0.5, 0.6) is 0 Å². The molecule has 1 fully saturated rings. The SMILES string of the molecule is O=S(=O)(CCCCO)N1CCC(C(F)(F)F)CC1. The van der Waals surface area contributed by atoms with Crippen molar-refractivity contribution >= 4 is 10.0 Å². The van der Waals surface area contributed by atoms with Crippen LogP contribution in [0, 0.1) is 5.92 Å². The summed E-state index contributed by atoms with van der Waals surface area (Å²) in [6, 6.07) is 0. The van der Waals surface area contributed by atoms with E-state index in [1.807, 2.05) is 0 Å². The lowest BCUT2D eigenvalue weighted by molar-refractivity contribution is -0.182. The Kier molecular flexibility index (Phi) is 5.42. The molecule has 0 saturated carbocycles. The van der Waals surface area contributed by atoms with Gasteiger partial charge in [-0.15, -0.1) is 0 Å². The Morgan fingerprint density at radius 2 is 1.72 bits per heavy atom. The van der Waals surface area contributed by atoms with Gasteiger partial charge in [-0.1, -0.05) is 0 Å². The van der Waals surface area contributed by atoms with E-state index in [1.54, 1.807) is 0 Å². The number of nitrogens with zero attached hydrogens (tertiary/aromatic N) is 1. The van der Waals surface area contributed by atoms with Gasteiger partial charge in [0, 0.05) is 19.7 Å². The number of halogens is 3. The third-order valence-corrected chi connectivity index (χ3v) is 5.08. The fraction of sp³-hybridized carbons (Fsp3) is 1.00. The summed E-state index contributed by atoms with van der Waals surface area (Å²) in [6.07, 6.45) is -3.84. The monoisotopic (exact) mass is 289 g/mol. The minimum atomic E-state index is -4.23. The minimum Gasteiger partial charge on any atom is -0.396 e. The van der Waals surface area contributed by atoms with E-state index in [-0.39, 0.29) is 38.3 Å². The van der Waals surface area contributed by atoms with Gasteiger partial charge in [0.2, 0.25) is 10.0 Å². The second kappa shape index (κ2) is 6.21. The van der Waals surface area contributed by atoms with Crippen molar-refractivity contribution in [2.45, 2.75) is 31.9 Å². The first-order valence-electron chi connectivity index (χ1n) is 5.93. The van der Waals surface area contributed by atoms with Gasteiger partial charge in [0.05, 0.1) is 11.7 Å². The number of sulfonamides is 1. The van der Waals surface area contributed by atoms with Crippen LogP contribution in [0.3, 0.4) is 0 Å². The van der Waals surface area contributed by atoms with Gasteiger partial charge in [0.25, 0.3) is 0 Å². The van der Waals surface area contributed by atoms with Gasteiger partial charge in [-0.05, 0) is 25.7 Å². The average Bonchev–Trinajstić information content (AvgIpc) is 2.28. The average molecular weight is 289 g/mol. The summed E-state index contributed by atoms with van der Waals surface area (Å²) >= 11 is 0. The van der Waals surface area contributed by atoms with Gasteiger partial charge >= 0.3 is 6.18 Å². The van der Waals surface area contributed by atoms with Crippen LogP contribution in [-0.4, -0.2) is 49.5 Å². The van der Waals surface area contributed by atoms with E-state index in [1.165, 1.54) is 0 Å². The molecule has 4 nitrogen and oxygen atoms in total. The van der Waals surface area contributed by atoms with Gasteiger partial charge in [-0.2, -0.15) is 13.2 Å². The highest BCUT2D eigenvalue weighted by Crippen LogP contribution is 2.34. The highest BCUT2D eigenvalue weighted by molar-refractivity contribution is 7.89. The summed E-state index contributed by atoms with van der Waals surface area (Å²) in [5.74, 6) is -1.49. The molecule has 108 valence electrons. The molecule has 1 aliphatic heterocycles. The van der Waals surface area contributed by atoms with Crippen LogP contribution >= 0.6 is 0 Å². The molecule has 1 heterocycles. The molecule has 0 aromatic carbocycles. The zero-order valence-electron chi connectivity index (χ0n) is 9.99. The van der Waals surface area contributed by atoms with E-state index >= 15 is 0 Å². The molecule has 0 aromatic heterocycles. The van der Waals surface area contributed by atoms with Crippen molar-refractivity contribution < 1.29 is 26.7 Å². The Bertz CT molecular complexity index is 348. The number of aliphatic hydroxyl groups excluding tert-OH is 1. The molecule has 0 aromatic rings. The highest BCUT2D eigenvalue weighted by Gasteiger charge is 2.42. The number of hydrogen-bond acceptors (Lipinski definition) is 3. The first kappa shape index (κ1) is 15.7. The largest absolute Gasteiger partial charge is 0.396 e. The van der Waals surface area contributed by atoms with Gasteiger partial charge < -0.3 is 5.11 Å². The molecule has 0 aliphatic carbocycles. The molecule has 18 heavy (non-hydrogen) atoms. The van der Waals surface area contributed by atoms with Crippen molar-refractivity contribution in [2.24, 2.45) is 5.92 Å². The summed E-state index contributed by atoms with van der Waals surface area (Å²) in [4.78, 5) is 0. The Labute approximate surface area is 105 Å². The maximum atomic E-state index is 12.4. The molecule has 0 bridgehead atoms. The fourth-order valence-corrected chi connectivity index (χ4v) is 3.58. The van der Waals surface area contributed by atoms with Crippen molar-refractivity contribution in [1.82, 2.24) is 4.31 Å². The molecule has 1 rings (SSSR count). The molecule has 1 saturated heterocycles. The maximum absolute atomic E-state index is 12.4. The van der Waals surface area contributed by atoms with E-state index in [0.717, 1.165) is 4.31 Å². The van der Waals surface area contributed by atoms with Gasteiger partial charge in [-0.25, -0.2) is 12.7 Å². The second-order valence-electron chi connectivity index (χ2n) is 4.46. The van der Waals surface area contributed by atoms with E-state index in [0.29, 0.717) is 12.8 Å². The van der Waals surface area contributed by atoms with E-state index in [9.17, 15) is 21.6 Å². The van der Waals surface area contributed by atoms with Crippen molar-refractivity contribution in [1.29, 1.82) is 0 Å². The molecular formula is C10H18F3NO3S. The van der Waals surface area contributed by atoms with Crippen LogP contribution in [0.2, 0.25) is 0 Å². The Morgan fingerprint density at radius 3 is 2.17 bits per heavy atom. The summed E-state index contributed by atoms with van der Waals surface area (Å²) in [5, 5.41) is 8.56. The molecular weight excluding hydrogens is 271 g/mol. The molecule has 0 spiro atoms. The third-order valence-electron chi connectivity index (χ3n) is 3.12. The highest BCUT2D eigenvalue weighted by atomic mass is 32.2. The summed E-state index contributed by atoms with van der Waals surface area (Å²) < 4.78 is 61.9. The van der Waals surface area contributed by atoms with Crippen LogP contribution in [-0.2, 0) is 10.0 Å². The number of unbranched alkanes of at least 4 members (excludes halogenated alkanes) is 1. The number of rotatable bonds is 5. The Balaban J connectivity index is 2.47. The topological polar surface area (TPSA) is 57.6 Å². The standard InChI is InChI=1S/C10H18F3NO3S/c11-10(12,13)9-3-5-14(6-4-9)18(16,17)8-2-1-7-15/h9,15H,1-8H2. The number of alkyl halides is 3. The summed E-state index contributed by atoms with van der Waals surface area (Å²) in [5.41, 5.74) is 0. The second-order valence-corrected chi connectivity index (χ2v) is 6.55. The van der Waals surface area contributed by atoms with Crippen LogP contribution in [0.15, 0.2) is 0 Å². The molecule has 1 N–H and O–H groups in total. The first-order valence-corrected chi connectivity index (χ1v) is 7.53. The quantitative estimate of drug-likeness (QED) is 0.778. The molecule has 0 atom stereocenters. The summed E-state index contributed by atoms with van der Waals surface area (Å²) in [6.45, 7) is -0.205. The normalized spacial score (nSPS) is 20.2. The Morgan fingerprint density at radius 1 is 1.17 bits per heavy atom. The molecule has 0 radical (unpaired) electrons. The smallest absolute Gasteiger partial charge is 0.391 e. The predicted octanol–water partition coefficient (Wildman–Crippen LogP) is 1.36. The van der Waals surface area contributed by atoms with Crippen LogP contribution in [0.25, 0.3) is 0 Å². The number of piperidine rings is 1. The van der Waals surface area contributed by atoms with Gasteiger partial charge in [0.1, 0.15) is 0 Å². The van der Waals surface area contributed by atoms with Crippen LogP contribution in [0.1, 0.15) is 25.7 Å². The van der Waals surface area contributed by atoms with Crippen LogP contribution < -0.4 is 0 Å². The van der Waals surface area contributed by atoms with Gasteiger partial charge in [0.15, 0.2) is 0 Å². The van der Waals surface area contributed by atoms with Crippen molar-refractivity contribution in [3.05, 3.63) is 0 Å². The first-order chi connectivity index (χ1) is 8.27. The van der Waals surface area contributed by atoms with Gasteiger partial charge in [-0.3, -0.25) is 0 Å². The lowest BCUT2D eigenvalue weighted by Crippen LogP contribution is -2.42. The maximum Gasteiger partial charge on any atom is 0.391 e. The van der Waals surface area contributed by atoms with E-state index < -0.39 is 22.1 Å². The fourth-order valence-electron chi connectivity index (χ4n) is 1.99. The van der Waals surface area contributed by atoms with E-state index in [2.05, 4.69) is 0 Å². The molecule has 0 amide bonds. The van der Waals surface area contributed by atoms with Crippen molar-refractivity contribution in [2.75, 3.05) is 25.4 Å². The number of aliphatic hydroxyl groups is 1. The van der Waals surface area contributed by atoms with Crippen molar-refractivity contribution in [3.8, 4) is 0 Å². The zero-order valence-corrected chi connectivity index (χ0v) is 10.8. The summed E-state index contributed by atoms with van der Waals surface area (Å²) in [7, 11) is -3.47.